The second-order valence-electron chi connectivity index (χ2n) is 4.36. The maximum Gasteiger partial charge on any atom is 0.118 e. The molecule has 1 aliphatic heterocycles. The molecule has 2 rings (SSSR count). The van der Waals surface area contributed by atoms with E-state index in [-0.39, 0.29) is 0 Å². The average Bonchev–Trinajstić information content (AvgIpc) is 2.33. The van der Waals surface area contributed by atoms with Gasteiger partial charge in [-0.1, -0.05) is 18.2 Å². The Labute approximate surface area is 96.9 Å². The molecule has 0 atom stereocenters. The van der Waals surface area contributed by atoms with Crippen molar-refractivity contribution in [2.24, 2.45) is 0 Å². The fraction of sp³-hybridized carbons (Fsp3) is 0.538. The molecule has 0 unspecified atom stereocenters. The number of phenolic OH excluding ortho intramolecular Hbond substituents is 1. The van der Waals surface area contributed by atoms with Gasteiger partial charge < -0.3 is 15.7 Å². The smallest absolute Gasteiger partial charge is 0.118 e. The summed E-state index contributed by atoms with van der Waals surface area (Å²) < 4.78 is 0. The number of hydrogen-bond acceptors (Lipinski definition) is 3. The third kappa shape index (κ3) is 3.22. The lowest BCUT2D eigenvalue weighted by Crippen LogP contribution is -2.40. The molecule has 3 heteroatoms. The zero-order chi connectivity index (χ0) is 11.2. The molecule has 0 spiro atoms. The van der Waals surface area contributed by atoms with Crippen LogP contribution in [0.25, 0.3) is 0 Å². The molecule has 1 fully saturated rings. The molecule has 0 aliphatic carbocycles. The fourth-order valence-electron chi connectivity index (χ4n) is 2.16. The van der Waals surface area contributed by atoms with Crippen LogP contribution in [0.2, 0.25) is 0 Å². The van der Waals surface area contributed by atoms with Crippen LogP contribution in [0.5, 0.6) is 5.75 Å². The Hall–Kier alpha value is -1.06. The van der Waals surface area contributed by atoms with Gasteiger partial charge in [-0.15, -0.1) is 0 Å². The number of nitrogens with one attached hydrogen (secondary N) is 2. The molecule has 0 saturated carbocycles. The Morgan fingerprint density at radius 2 is 2.00 bits per heavy atom. The first-order chi connectivity index (χ1) is 7.86. The first-order valence-corrected chi connectivity index (χ1v) is 6.07. The van der Waals surface area contributed by atoms with Gasteiger partial charge in [-0.2, -0.15) is 0 Å². The molecule has 1 aliphatic rings. The van der Waals surface area contributed by atoms with Gasteiger partial charge in [0.2, 0.25) is 0 Å². The third-order valence-electron chi connectivity index (χ3n) is 3.16. The van der Waals surface area contributed by atoms with Crippen LogP contribution in [-0.2, 0) is 6.42 Å². The van der Waals surface area contributed by atoms with Crippen LogP contribution in [0, 0.1) is 0 Å². The summed E-state index contributed by atoms with van der Waals surface area (Å²) in [4.78, 5) is 0. The molecule has 0 bridgehead atoms. The van der Waals surface area contributed by atoms with Gasteiger partial charge in [-0.05, 0) is 50.5 Å². The standard InChI is InChI=1S/C13H20N2O/c16-13-4-2-1-3-11(13)5-10-15-12-6-8-14-9-7-12/h1-4,12,14-16H,5-10H2. The molecule has 3 nitrogen and oxygen atoms in total. The van der Waals surface area contributed by atoms with E-state index in [2.05, 4.69) is 10.6 Å². The van der Waals surface area contributed by atoms with E-state index in [9.17, 15) is 5.11 Å². The zero-order valence-corrected chi connectivity index (χ0v) is 9.58. The number of benzene rings is 1. The minimum Gasteiger partial charge on any atom is -0.508 e. The maximum absolute atomic E-state index is 9.61. The lowest BCUT2D eigenvalue weighted by Gasteiger charge is -2.23. The van der Waals surface area contributed by atoms with Gasteiger partial charge in [-0.3, -0.25) is 0 Å². The summed E-state index contributed by atoms with van der Waals surface area (Å²) in [5.41, 5.74) is 1.03. The van der Waals surface area contributed by atoms with Crippen molar-refractivity contribution in [2.75, 3.05) is 19.6 Å². The van der Waals surface area contributed by atoms with E-state index < -0.39 is 0 Å². The first-order valence-electron chi connectivity index (χ1n) is 6.07. The number of para-hydroxylation sites is 1. The van der Waals surface area contributed by atoms with E-state index in [1.807, 2.05) is 18.2 Å². The summed E-state index contributed by atoms with van der Waals surface area (Å²) in [5, 5.41) is 16.5. The molecular formula is C13H20N2O. The molecule has 88 valence electrons. The van der Waals surface area contributed by atoms with Crippen LogP contribution in [0.1, 0.15) is 18.4 Å². The largest absolute Gasteiger partial charge is 0.508 e. The van der Waals surface area contributed by atoms with Crippen LogP contribution in [-0.4, -0.2) is 30.8 Å². The summed E-state index contributed by atoms with van der Waals surface area (Å²) in [6.07, 6.45) is 3.32. The predicted octanol–water partition coefficient (Wildman–Crippen LogP) is 1.28. The number of aromatic hydroxyl groups is 1. The van der Waals surface area contributed by atoms with Crippen molar-refractivity contribution in [1.82, 2.24) is 10.6 Å². The van der Waals surface area contributed by atoms with E-state index in [0.717, 1.165) is 31.6 Å². The van der Waals surface area contributed by atoms with Crippen molar-refractivity contribution in [1.29, 1.82) is 0 Å². The zero-order valence-electron chi connectivity index (χ0n) is 9.58. The number of piperidine rings is 1. The van der Waals surface area contributed by atoms with Crippen LogP contribution in [0.3, 0.4) is 0 Å². The number of phenols is 1. The minimum atomic E-state index is 0.412. The fourth-order valence-corrected chi connectivity index (χ4v) is 2.16. The summed E-state index contributed by atoms with van der Waals surface area (Å²) in [5.74, 6) is 0.412. The van der Waals surface area contributed by atoms with Gasteiger partial charge in [0.25, 0.3) is 0 Å². The quantitative estimate of drug-likeness (QED) is 0.716. The minimum absolute atomic E-state index is 0.412. The molecular weight excluding hydrogens is 200 g/mol. The van der Waals surface area contributed by atoms with Crippen LogP contribution < -0.4 is 10.6 Å². The van der Waals surface area contributed by atoms with E-state index in [4.69, 9.17) is 0 Å². The van der Waals surface area contributed by atoms with E-state index in [1.54, 1.807) is 6.07 Å². The normalized spacial score (nSPS) is 17.5. The molecule has 3 N–H and O–H groups in total. The topological polar surface area (TPSA) is 44.3 Å². The van der Waals surface area contributed by atoms with Gasteiger partial charge in [0.05, 0.1) is 0 Å². The Kier molecular flexibility index (Phi) is 4.19. The van der Waals surface area contributed by atoms with Crippen molar-refractivity contribution in [3.05, 3.63) is 29.8 Å². The summed E-state index contributed by atoms with van der Waals surface area (Å²) in [6.45, 7) is 3.19. The van der Waals surface area contributed by atoms with E-state index >= 15 is 0 Å². The first kappa shape index (κ1) is 11.4. The highest BCUT2D eigenvalue weighted by Crippen LogP contribution is 2.15. The average molecular weight is 220 g/mol. The van der Waals surface area contributed by atoms with Crippen molar-refractivity contribution in [3.8, 4) is 5.75 Å². The van der Waals surface area contributed by atoms with Gasteiger partial charge in [0, 0.05) is 6.04 Å². The van der Waals surface area contributed by atoms with Crippen molar-refractivity contribution >= 4 is 0 Å². The highest BCUT2D eigenvalue weighted by atomic mass is 16.3. The SMILES string of the molecule is Oc1ccccc1CCNC1CCNCC1. The van der Waals surface area contributed by atoms with Crippen LogP contribution in [0.15, 0.2) is 24.3 Å². The van der Waals surface area contributed by atoms with Gasteiger partial charge in [0.15, 0.2) is 0 Å². The Balaban J connectivity index is 1.73. The van der Waals surface area contributed by atoms with Crippen molar-refractivity contribution in [3.63, 3.8) is 0 Å². The van der Waals surface area contributed by atoms with Crippen molar-refractivity contribution in [2.45, 2.75) is 25.3 Å². The number of hydrogen-bond donors (Lipinski definition) is 3. The molecule has 1 aromatic carbocycles. The van der Waals surface area contributed by atoms with Crippen LogP contribution >= 0.6 is 0 Å². The lowest BCUT2D eigenvalue weighted by atomic mass is 10.1. The Morgan fingerprint density at radius 3 is 2.75 bits per heavy atom. The van der Waals surface area contributed by atoms with Gasteiger partial charge in [0.1, 0.15) is 5.75 Å². The van der Waals surface area contributed by atoms with Gasteiger partial charge in [-0.25, -0.2) is 0 Å². The summed E-state index contributed by atoms with van der Waals surface area (Å²) in [6, 6.07) is 8.21. The third-order valence-corrected chi connectivity index (χ3v) is 3.16. The predicted molar refractivity (Wildman–Crippen MR) is 65.7 cm³/mol. The molecule has 1 saturated heterocycles. The van der Waals surface area contributed by atoms with E-state index in [0.29, 0.717) is 11.8 Å². The molecule has 16 heavy (non-hydrogen) atoms. The Bertz CT molecular complexity index is 321. The van der Waals surface area contributed by atoms with Crippen molar-refractivity contribution < 1.29 is 5.11 Å². The monoisotopic (exact) mass is 220 g/mol. The number of rotatable bonds is 4. The summed E-state index contributed by atoms with van der Waals surface area (Å²) in [7, 11) is 0. The molecule has 1 heterocycles. The highest BCUT2D eigenvalue weighted by molar-refractivity contribution is 5.31. The summed E-state index contributed by atoms with van der Waals surface area (Å²) >= 11 is 0. The van der Waals surface area contributed by atoms with Crippen LogP contribution in [0.4, 0.5) is 0 Å². The molecule has 1 aromatic rings. The second kappa shape index (κ2) is 5.87. The Morgan fingerprint density at radius 1 is 1.25 bits per heavy atom. The maximum atomic E-state index is 9.61. The highest BCUT2D eigenvalue weighted by Gasteiger charge is 2.11. The van der Waals surface area contributed by atoms with E-state index in [1.165, 1.54) is 12.8 Å². The molecule has 0 radical (unpaired) electrons. The molecule has 0 amide bonds. The second-order valence-corrected chi connectivity index (χ2v) is 4.36. The molecule has 0 aromatic heterocycles. The lowest BCUT2D eigenvalue weighted by molar-refractivity contribution is 0.388. The van der Waals surface area contributed by atoms with Gasteiger partial charge >= 0.3 is 0 Å².